The van der Waals surface area contributed by atoms with Crippen LogP contribution in [0, 0.1) is 0 Å². The summed E-state index contributed by atoms with van der Waals surface area (Å²) in [6.45, 7) is 0. The second-order valence-electron chi connectivity index (χ2n) is 2.80. The number of benzene rings is 1. The average molecular weight is 224 g/mol. The molecule has 0 saturated heterocycles. The normalized spacial score (nSPS) is 10.4. The molecule has 0 aliphatic carbocycles. The third-order valence-electron chi connectivity index (χ3n) is 2.03. The molecule has 1 aromatic heterocycles. The molecule has 0 radical (unpaired) electrons. The van der Waals surface area contributed by atoms with Crippen LogP contribution in [-0.2, 0) is 0 Å². The SMILES string of the molecule is COc1c(C=O)ccc2scc(S)c12. The summed E-state index contributed by atoms with van der Waals surface area (Å²) in [5, 5.41) is 2.86. The number of methoxy groups -OCH3 is 1. The molecule has 2 nitrogen and oxygen atoms in total. The first-order chi connectivity index (χ1) is 6.77. The van der Waals surface area contributed by atoms with E-state index in [0.29, 0.717) is 11.3 Å². The largest absolute Gasteiger partial charge is 0.495 e. The van der Waals surface area contributed by atoms with Crippen molar-refractivity contribution >= 4 is 40.3 Å². The van der Waals surface area contributed by atoms with Crippen LogP contribution < -0.4 is 4.74 Å². The average Bonchev–Trinajstić information content (AvgIpc) is 2.59. The van der Waals surface area contributed by atoms with Crippen molar-refractivity contribution in [1.29, 1.82) is 0 Å². The molecule has 0 aliphatic rings. The zero-order chi connectivity index (χ0) is 10.1. The van der Waals surface area contributed by atoms with E-state index in [0.717, 1.165) is 21.3 Å². The fraction of sp³-hybridized carbons (Fsp3) is 0.100. The number of aldehydes is 1. The number of thiol groups is 1. The zero-order valence-corrected chi connectivity index (χ0v) is 9.19. The Labute approximate surface area is 90.9 Å². The van der Waals surface area contributed by atoms with E-state index < -0.39 is 0 Å². The maximum atomic E-state index is 10.8. The van der Waals surface area contributed by atoms with Crippen LogP contribution in [-0.4, -0.2) is 13.4 Å². The summed E-state index contributed by atoms with van der Waals surface area (Å²) in [5.41, 5.74) is 0.564. The van der Waals surface area contributed by atoms with Crippen LogP contribution in [0.1, 0.15) is 10.4 Å². The molecule has 1 aromatic carbocycles. The van der Waals surface area contributed by atoms with Crippen molar-refractivity contribution in [2.45, 2.75) is 4.90 Å². The molecule has 0 N–H and O–H groups in total. The van der Waals surface area contributed by atoms with E-state index >= 15 is 0 Å². The van der Waals surface area contributed by atoms with Gasteiger partial charge in [-0.25, -0.2) is 0 Å². The number of carbonyl (C=O) groups excluding carboxylic acids is 1. The standard InChI is InChI=1S/C10H8O2S2/c1-12-10-6(4-11)2-3-8-9(10)7(13)5-14-8/h2-5,13H,1H3. The van der Waals surface area contributed by atoms with Crippen molar-refractivity contribution in [1.82, 2.24) is 0 Å². The lowest BCUT2D eigenvalue weighted by molar-refractivity contribution is 0.112. The van der Waals surface area contributed by atoms with Crippen molar-refractivity contribution in [3.8, 4) is 5.75 Å². The van der Waals surface area contributed by atoms with E-state index in [2.05, 4.69) is 12.6 Å². The van der Waals surface area contributed by atoms with Crippen LogP contribution in [0.2, 0.25) is 0 Å². The first kappa shape index (κ1) is 9.55. The second kappa shape index (κ2) is 3.63. The summed E-state index contributed by atoms with van der Waals surface area (Å²) in [5.74, 6) is 0.615. The van der Waals surface area contributed by atoms with Crippen LogP contribution in [0.25, 0.3) is 10.1 Å². The Hall–Kier alpha value is -1.00. The first-order valence-corrected chi connectivity index (χ1v) is 5.33. The number of rotatable bonds is 2. The Kier molecular flexibility index (Phi) is 2.48. The molecule has 0 bridgehead atoms. The Balaban J connectivity index is 2.87. The van der Waals surface area contributed by atoms with Gasteiger partial charge in [0, 0.05) is 20.4 Å². The minimum absolute atomic E-state index is 0.564. The van der Waals surface area contributed by atoms with Gasteiger partial charge in [0.2, 0.25) is 0 Å². The first-order valence-electron chi connectivity index (χ1n) is 4.00. The van der Waals surface area contributed by atoms with Gasteiger partial charge in [-0.15, -0.1) is 24.0 Å². The summed E-state index contributed by atoms with van der Waals surface area (Å²) >= 11 is 5.92. The highest BCUT2D eigenvalue weighted by Crippen LogP contribution is 2.37. The van der Waals surface area contributed by atoms with Crippen molar-refractivity contribution in [2.75, 3.05) is 7.11 Å². The quantitative estimate of drug-likeness (QED) is 0.627. The monoisotopic (exact) mass is 224 g/mol. The molecule has 2 aromatic rings. The lowest BCUT2D eigenvalue weighted by Crippen LogP contribution is -1.90. The van der Waals surface area contributed by atoms with Gasteiger partial charge in [-0.05, 0) is 12.1 Å². The van der Waals surface area contributed by atoms with Gasteiger partial charge in [0.15, 0.2) is 6.29 Å². The molecule has 72 valence electrons. The maximum absolute atomic E-state index is 10.8. The molecular weight excluding hydrogens is 216 g/mol. The Morgan fingerprint density at radius 3 is 2.93 bits per heavy atom. The number of thiophene rings is 1. The molecular formula is C10H8O2S2. The molecule has 0 spiro atoms. The number of carbonyl (C=O) groups is 1. The van der Waals surface area contributed by atoms with Crippen molar-refractivity contribution in [3.05, 3.63) is 23.1 Å². The fourth-order valence-electron chi connectivity index (χ4n) is 1.41. The lowest BCUT2D eigenvalue weighted by atomic mass is 10.1. The van der Waals surface area contributed by atoms with Gasteiger partial charge in [-0.2, -0.15) is 0 Å². The molecule has 2 rings (SSSR count). The highest BCUT2D eigenvalue weighted by atomic mass is 32.1. The fourth-order valence-corrected chi connectivity index (χ4v) is 2.69. The Morgan fingerprint density at radius 2 is 2.29 bits per heavy atom. The highest BCUT2D eigenvalue weighted by molar-refractivity contribution is 7.80. The smallest absolute Gasteiger partial charge is 0.153 e. The number of fused-ring (bicyclic) bond motifs is 1. The second-order valence-corrected chi connectivity index (χ2v) is 4.19. The third kappa shape index (κ3) is 1.31. The Bertz CT molecular complexity index is 488. The topological polar surface area (TPSA) is 26.3 Å². The third-order valence-corrected chi connectivity index (χ3v) is 3.51. The lowest BCUT2D eigenvalue weighted by Gasteiger charge is -2.05. The molecule has 0 aliphatic heterocycles. The predicted molar refractivity (Wildman–Crippen MR) is 61.0 cm³/mol. The van der Waals surface area contributed by atoms with E-state index in [-0.39, 0.29) is 0 Å². The number of ether oxygens (including phenoxy) is 1. The van der Waals surface area contributed by atoms with Crippen molar-refractivity contribution in [2.24, 2.45) is 0 Å². The van der Waals surface area contributed by atoms with Crippen LogP contribution in [0.4, 0.5) is 0 Å². The summed E-state index contributed by atoms with van der Waals surface area (Å²) in [7, 11) is 1.56. The molecule has 0 atom stereocenters. The van der Waals surface area contributed by atoms with Gasteiger partial charge >= 0.3 is 0 Å². The van der Waals surface area contributed by atoms with Gasteiger partial charge < -0.3 is 4.74 Å². The maximum Gasteiger partial charge on any atom is 0.153 e. The van der Waals surface area contributed by atoms with Crippen LogP contribution >= 0.6 is 24.0 Å². The summed E-state index contributed by atoms with van der Waals surface area (Å²) in [6, 6.07) is 3.67. The molecule has 14 heavy (non-hydrogen) atoms. The predicted octanol–water partition coefficient (Wildman–Crippen LogP) is 3.01. The van der Waals surface area contributed by atoms with Crippen LogP contribution in [0.3, 0.4) is 0 Å². The molecule has 4 heteroatoms. The van der Waals surface area contributed by atoms with E-state index in [9.17, 15) is 4.79 Å². The van der Waals surface area contributed by atoms with E-state index in [1.807, 2.05) is 11.4 Å². The molecule has 0 fully saturated rings. The number of hydrogen-bond acceptors (Lipinski definition) is 4. The van der Waals surface area contributed by atoms with Gasteiger partial charge in [0.05, 0.1) is 12.7 Å². The minimum atomic E-state index is 0.564. The molecule has 1 heterocycles. The summed E-state index contributed by atoms with van der Waals surface area (Å²) in [6.07, 6.45) is 0.795. The van der Waals surface area contributed by atoms with E-state index in [1.54, 1.807) is 24.5 Å². The zero-order valence-electron chi connectivity index (χ0n) is 7.48. The summed E-state index contributed by atoms with van der Waals surface area (Å²) < 4.78 is 6.30. The highest BCUT2D eigenvalue weighted by Gasteiger charge is 2.11. The van der Waals surface area contributed by atoms with Crippen molar-refractivity contribution in [3.63, 3.8) is 0 Å². The number of hydrogen-bond donors (Lipinski definition) is 1. The Morgan fingerprint density at radius 1 is 1.50 bits per heavy atom. The minimum Gasteiger partial charge on any atom is -0.495 e. The summed E-state index contributed by atoms with van der Waals surface area (Å²) in [4.78, 5) is 11.6. The molecule has 0 unspecified atom stereocenters. The van der Waals surface area contributed by atoms with Crippen LogP contribution in [0.15, 0.2) is 22.4 Å². The molecule has 0 amide bonds. The van der Waals surface area contributed by atoms with Gasteiger partial charge in [-0.3, -0.25) is 4.79 Å². The van der Waals surface area contributed by atoms with Gasteiger partial charge in [-0.1, -0.05) is 0 Å². The van der Waals surface area contributed by atoms with Gasteiger partial charge in [0.25, 0.3) is 0 Å². The van der Waals surface area contributed by atoms with Gasteiger partial charge in [0.1, 0.15) is 5.75 Å². The van der Waals surface area contributed by atoms with E-state index in [1.165, 1.54) is 0 Å². The van der Waals surface area contributed by atoms with Crippen molar-refractivity contribution < 1.29 is 9.53 Å². The van der Waals surface area contributed by atoms with E-state index in [4.69, 9.17) is 4.74 Å². The molecule has 0 saturated carbocycles. The van der Waals surface area contributed by atoms with Crippen LogP contribution in [0.5, 0.6) is 5.75 Å².